The molecular formula is C12H26IN3. The molecule has 1 aliphatic carbocycles. The molecule has 0 aromatic rings. The highest BCUT2D eigenvalue weighted by Gasteiger charge is 2.31. The Kier molecular flexibility index (Phi) is 7.35. The zero-order valence-electron chi connectivity index (χ0n) is 11.0. The van der Waals surface area contributed by atoms with Crippen LogP contribution < -0.4 is 5.32 Å². The zero-order valence-corrected chi connectivity index (χ0v) is 13.4. The Morgan fingerprint density at radius 2 is 1.88 bits per heavy atom. The van der Waals surface area contributed by atoms with Crippen LogP contribution in [0.5, 0.6) is 0 Å². The molecule has 0 heterocycles. The Morgan fingerprint density at radius 1 is 1.31 bits per heavy atom. The fourth-order valence-electron chi connectivity index (χ4n) is 2.48. The van der Waals surface area contributed by atoms with Gasteiger partial charge in [0.15, 0.2) is 5.96 Å². The third kappa shape index (κ3) is 4.11. The smallest absolute Gasteiger partial charge is 0.193 e. The average molecular weight is 339 g/mol. The lowest BCUT2D eigenvalue weighted by atomic mass is 9.83. The van der Waals surface area contributed by atoms with Gasteiger partial charge in [-0.05, 0) is 24.7 Å². The SMILES string of the molecule is CCC1(CNC(=NC)N(C)C)CCCC1.I. The molecular weight excluding hydrogens is 313 g/mol. The first-order valence-electron chi connectivity index (χ1n) is 6.01. The minimum Gasteiger partial charge on any atom is -0.356 e. The van der Waals surface area contributed by atoms with Crippen molar-refractivity contribution >= 4 is 29.9 Å². The lowest BCUT2D eigenvalue weighted by Crippen LogP contribution is -2.42. The maximum atomic E-state index is 4.25. The van der Waals surface area contributed by atoms with Gasteiger partial charge in [0, 0.05) is 27.7 Å². The van der Waals surface area contributed by atoms with E-state index in [0.717, 1.165) is 12.5 Å². The summed E-state index contributed by atoms with van der Waals surface area (Å²) in [6.45, 7) is 3.39. The Labute approximate surface area is 117 Å². The van der Waals surface area contributed by atoms with Crippen LogP contribution in [0.2, 0.25) is 0 Å². The van der Waals surface area contributed by atoms with Gasteiger partial charge in [0.05, 0.1) is 0 Å². The van der Waals surface area contributed by atoms with E-state index in [1.807, 2.05) is 26.0 Å². The largest absolute Gasteiger partial charge is 0.356 e. The maximum Gasteiger partial charge on any atom is 0.193 e. The Balaban J connectivity index is 0.00000225. The Hall–Kier alpha value is 0. The van der Waals surface area contributed by atoms with Gasteiger partial charge in [0.25, 0.3) is 0 Å². The van der Waals surface area contributed by atoms with Crippen LogP contribution in [0.1, 0.15) is 39.0 Å². The summed E-state index contributed by atoms with van der Waals surface area (Å²) in [5.74, 6) is 0.995. The van der Waals surface area contributed by atoms with Crippen molar-refractivity contribution < 1.29 is 0 Å². The lowest BCUT2D eigenvalue weighted by molar-refractivity contribution is 0.281. The lowest BCUT2D eigenvalue weighted by Gasteiger charge is -2.29. The average Bonchev–Trinajstić information content (AvgIpc) is 2.68. The fraction of sp³-hybridized carbons (Fsp3) is 0.917. The number of hydrogen-bond donors (Lipinski definition) is 1. The molecule has 1 N–H and O–H groups in total. The molecule has 0 aromatic carbocycles. The predicted octanol–water partition coefficient (Wildman–Crippen LogP) is 2.71. The highest BCUT2D eigenvalue weighted by atomic mass is 127. The number of aliphatic imine (C=N–C) groups is 1. The monoisotopic (exact) mass is 339 g/mol. The van der Waals surface area contributed by atoms with Crippen LogP contribution in [-0.2, 0) is 0 Å². The zero-order chi connectivity index (χ0) is 11.3. The van der Waals surface area contributed by atoms with E-state index in [9.17, 15) is 0 Å². The molecule has 1 saturated carbocycles. The molecule has 1 aliphatic rings. The van der Waals surface area contributed by atoms with Crippen molar-refractivity contribution in [3.05, 3.63) is 0 Å². The number of nitrogens with zero attached hydrogens (tertiary/aromatic N) is 2. The summed E-state index contributed by atoms with van der Waals surface area (Å²) >= 11 is 0. The minimum atomic E-state index is 0. The van der Waals surface area contributed by atoms with E-state index in [1.54, 1.807) is 0 Å². The summed E-state index contributed by atoms with van der Waals surface area (Å²) in [4.78, 5) is 6.29. The molecule has 0 atom stereocenters. The Bertz CT molecular complexity index is 220. The van der Waals surface area contributed by atoms with E-state index in [0.29, 0.717) is 5.41 Å². The first-order valence-corrected chi connectivity index (χ1v) is 6.01. The third-order valence-electron chi connectivity index (χ3n) is 3.67. The van der Waals surface area contributed by atoms with Gasteiger partial charge in [-0.15, -0.1) is 24.0 Å². The molecule has 1 fully saturated rings. The predicted molar refractivity (Wildman–Crippen MR) is 81.7 cm³/mol. The molecule has 4 heteroatoms. The summed E-state index contributed by atoms with van der Waals surface area (Å²) in [5, 5.41) is 3.48. The summed E-state index contributed by atoms with van der Waals surface area (Å²) in [6, 6.07) is 0. The van der Waals surface area contributed by atoms with Crippen LogP contribution in [0.4, 0.5) is 0 Å². The molecule has 3 nitrogen and oxygen atoms in total. The van der Waals surface area contributed by atoms with Crippen LogP contribution in [0.3, 0.4) is 0 Å². The van der Waals surface area contributed by atoms with E-state index >= 15 is 0 Å². The molecule has 0 saturated heterocycles. The van der Waals surface area contributed by atoms with Crippen LogP contribution in [-0.4, -0.2) is 38.5 Å². The number of halogens is 1. The normalized spacial score (nSPS) is 19.1. The van der Waals surface area contributed by atoms with E-state index in [1.165, 1.54) is 32.1 Å². The number of rotatable bonds is 3. The van der Waals surface area contributed by atoms with Gasteiger partial charge >= 0.3 is 0 Å². The number of guanidine groups is 1. The van der Waals surface area contributed by atoms with Crippen molar-refractivity contribution in [2.24, 2.45) is 10.4 Å². The second-order valence-corrected chi connectivity index (χ2v) is 4.86. The van der Waals surface area contributed by atoms with Gasteiger partial charge < -0.3 is 10.2 Å². The molecule has 1 rings (SSSR count). The summed E-state index contributed by atoms with van der Waals surface area (Å²) in [7, 11) is 5.90. The highest BCUT2D eigenvalue weighted by molar-refractivity contribution is 14.0. The second-order valence-electron chi connectivity index (χ2n) is 4.86. The van der Waals surface area contributed by atoms with Gasteiger partial charge in [-0.3, -0.25) is 4.99 Å². The first-order chi connectivity index (χ1) is 7.13. The Morgan fingerprint density at radius 3 is 2.25 bits per heavy atom. The molecule has 0 amide bonds. The van der Waals surface area contributed by atoms with Crippen molar-refractivity contribution in [1.29, 1.82) is 0 Å². The van der Waals surface area contributed by atoms with E-state index in [-0.39, 0.29) is 24.0 Å². The molecule has 0 bridgehead atoms. The van der Waals surface area contributed by atoms with E-state index < -0.39 is 0 Å². The van der Waals surface area contributed by atoms with Gasteiger partial charge in [-0.25, -0.2) is 0 Å². The minimum absolute atomic E-state index is 0. The standard InChI is InChI=1S/C12H25N3.HI/c1-5-12(8-6-7-9-12)10-14-11(13-2)15(3)4;/h5-10H2,1-4H3,(H,13,14);1H. The summed E-state index contributed by atoms with van der Waals surface area (Å²) < 4.78 is 0. The summed E-state index contributed by atoms with van der Waals surface area (Å²) in [6.07, 6.45) is 6.83. The topological polar surface area (TPSA) is 27.6 Å². The fourth-order valence-corrected chi connectivity index (χ4v) is 2.48. The highest BCUT2D eigenvalue weighted by Crippen LogP contribution is 2.40. The molecule has 0 radical (unpaired) electrons. The molecule has 0 unspecified atom stereocenters. The van der Waals surface area contributed by atoms with Crippen LogP contribution in [0.25, 0.3) is 0 Å². The molecule has 0 aliphatic heterocycles. The van der Waals surface area contributed by atoms with E-state index in [2.05, 4.69) is 17.2 Å². The molecule has 0 aromatic heterocycles. The van der Waals surface area contributed by atoms with Crippen molar-refractivity contribution in [2.75, 3.05) is 27.7 Å². The van der Waals surface area contributed by atoms with Crippen molar-refractivity contribution in [3.8, 4) is 0 Å². The number of hydrogen-bond acceptors (Lipinski definition) is 1. The van der Waals surface area contributed by atoms with Gasteiger partial charge in [-0.1, -0.05) is 19.8 Å². The quantitative estimate of drug-likeness (QED) is 0.486. The van der Waals surface area contributed by atoms with Gasteiger partial charge in [0.1, 0.15) is 0 Å². The van der Waals surface area contributed by atoms with Crippen molar-refractivity contribution in [2.45, 2.75) is 39.0 Å². The number of nitrogens with one attached hydrogen (secondary N) is 1. The first kappa shape index (κ1) is 16.0. The third-order valence-corrected chi connectivity index (χ3v) is 3.67. The maximum absolute atomic E-state index is 4.25. The van der Waals surface area contributed by atoms with Crippen LogP contribution in [0.15, 0.2) is 4.99 Å². The second kappa shape index (κ2) is 7.35. The molecule has 16 heavy (non-hydrogen) atoms. The summed E-state index contributed by atoms with van der Waals surface area (Å²) in [5.41, 5.74) is 0.534. The van der Waals surface area contributed by atoms with Crippen molar-refractivity contribution in [3.63, 3.8) is 0 Å². The van der Waals surface area contributed by atoms with Gasteiger partial charge in [0.2, 0.25) is 0 Å². The van der Waals surface area contributed by atoms with Crippen molar-refractivity contribution in [1.82, 2.24) is 10.2 Å². The molecule has 96 valence electrons. The van der Waals surface area contributed by atoms with Gasteiger partial charge in [-0.2, -0.15) is 0 Å². The van der Waals surface area contributed by atoms with Crippen LogP contribution in [0, 0.1) is 5.41 Å². The van der Waals surface area contributed by atoms with Crippen LogP contribution >= 0.6 is 24.0 Å². The van der Waals surface area contributed by atoms with E-state index in [4.69, 9.17) is 0 Å². The molecule has 0 spiro atoms.